The van der Waals surface area contributed by atoms with Crippen molar-refractivity contribution in [2.24, 2.45) is 0 Å². The predicted octanol–water partition coefficient (Wildman–Crippen LogP) is 3.09. The Morgan fingerprint density at radius 1 is 1.23 bits per heavy atom. The minimum Gasteiger partial charge on any atom is -0.360 e. The number of aromatic nitrogens is 1. The molecule has 1 aliphatic carbocycles. The summed E-state index contributed by atoms with van der Waals surface area (Å²) >= 11 is 0. The Morgan fingerprint density at radius 2 is 1.92 bits per heavy atom. The molecule has 26 heavy (non-hydrogen) atoms. The molecule has 0 unspecified atom stereocenters. The third-order valence-electron chi connectivity index (χ3n) is 4.83. The molecular weight excluding hydrogens is 352 g/mol. The van der Waals surface area contributed by atoms with Gasteiger partial charge in [-0.25, -0.2) is 8.42 Å². The van der Waals surface area contributed by atoms with Gasteiger partial charge in [0.2, 0.25) is 5.91 Å². The van der Waals surface area contributed by atoms with Crippen molar-refractivity contribution in [3.8, 4) is 11.3 Å². The molecule has 0 spiro atoms. The van der Waals surface area contributed by atoms with Crippen molar-refractivity contribution in [2.75, 3.05) is 0 Å². The van der Waals surface area contributed by atoms with Crippen LogP contribution in [-0.4, -0.2) is 30.8 Å². The molecule has 0 saturated heterocycles. The second-order valence-electron chi connectivity index (χ2n) is 6.84. The summed E-state index contributed by atoms with van der Waals surface area (Å²) in [6.45, 7) is 1.43. The molecule has 1 aliphatic rings. The van der Waals surface area contributed by atoms with Gasteiger partial charge in [0.05, 0.1) is 0 Å². The largest absolute Gasteiger partial charge is 0.360 e. The van der Waals surface area contributed by atoms with Crippen LogP contribution < -0.4 is 5.32 Å². The van der Waals surface area contributed by atoms with Gasteiger partial charge in [-0.2, -0.15) is 0 Å². The monoisotopic (exact) mass is 376 g/mol. The van der Waals surface area contributed by atoms with E-state index in [1.807, 2.05) is 30.3 Å². The Balaban J connectivity index is 1.64. The minimum atomic E-state index is -3.68. The van der Waals surface area contributed by atoms with Gasteiger partial charge in [-0.3, -0.25) is 4.79 Å². The van der Waals surface area contributed by atoms with Crippen LogP contribution in [0.2, 0.25) is 0 Å². The van der Waals surface area contributed by atoms with E-state index in [1.165, 1.54) is 13.3 Å². The van der Waals surface area contributed by atoms with E-state index in [1.54, 1.807) is 6.07 Å². The second kappa shape index (κ2) is 8.03. The zero-order valence-electron chi connectivity index (χ0n) is 14.8. The molecule has 0 aliphatic heterocycles. The van der Waals surface area contributed by atoms with Crippen LogP contribution in [0.4, 0.5) is 0 Å². The van der Waals surface area contributed by atoms with E-state index in [9.17, 15) is 13.2 Å². The number of sulfone groups is 1. The van der Waals surface area contributed by atoms with Gasteiger partial charge in [0.1, 0.15) is 16.7 Å². The van der Waals surface area contributed by atoms with E-state index in [0.717, 1.165) is 31.2 Å². The van der Waals surface area contributed by atoms with Crippen LogP contribution in [0.15, 0.2) is 40.9 Å². The van der Waals surface area contributed by atoms with Gasteiger partial charge in [-0.1, -0.05) is 54.8 Å². The lowest BCUT2D eigenvalue weighted by molar-refractivity contribution is -0.121. The molecule has 1 heterocycles. The van der Waals surface area contributed by atoms with Gasteiger partial charge >= 0.3 is 0 Å². The van der Waals surface area contributed by atoms with Crippen LogP contribution in [0.3, 0.4) is 0 Å². The summed E-state index contributed by atoms with van der Waals surface area (Å²) in [4.78, 5) is 12.3. The first-order valence-electron chi connectivity index (χ1n) is 8.98. The number of carbonyl (C=O) groups is 1. The van der Waals surface area contributed by atoms with Gasteiger partial charge in [-0.05, 0) is 19.8 Å². The summed E-state index contributed by atoms with van der Waals surface area (Å²) in [5.41, 5.74) is 1.43. The van der Waals surface area contributed by atoms with Gasteiger partial charge in [0.15, 0.2) is 15.6 Å². The fourth-order valence-corrected chi connectivity index (χ4v) is 4.35. The predicted molar refractivity (Wildman–Crippen MR) is 99.0 cm³/mol. The van der Waals surface area contributed by atoms with Crippen molar-refractivity contribution >= 4 is 15.7 Å². The van der Waals surface area contributed by atoms with Crippen LogP contribution in [0, 0.1) is 0 Å². The van der Waals surface area contributed by atoms with Crippen LogP contribution in [0.25, 0.3) is 11.3 Å². The van der Waals surface area contributed by atoms with Crippen molar-refractivity contribution in [1.29, 1.82) is 0 Å². The lowest BCUT2D eigenvalue weighted by atomic mass is 9.95. The van der Waals surface area contributed by atoms with Crippen LogP contribution in [0.5, 0.6) is 0 Å². The smallest absolute Gasteiger partial charge is 0.238 e. The van der Waals surface area contributed by atoms with Gasteiger partial charge in [0.25, 0.3) is 0 Å². The number of rotatable bonds is 6. The molecule has 6 nitrogen and oxygen atoms in total. The first-order chi connectivity index (χ1) is 12.5. The first-order valence-corrected chi connectivity index (χ1v) is 10.7. The van der Waals surface area contributed by atoms with E-state index < -0.39 is 21.0 Å². The zero-order chi connectivity index (χ0) is 18.6. The minimum absolute atomic E-state index is 0.0869. The highest BCUT2D eigenvalue weighted by atomic mass is 32.2. The Labute approximate surface area is 153 Å². The fourth-order valence-electron chi connectivity index (χ4n) is 3.18. The summed E-state index contributed by atoms with van der Waals surface area (Å²) in [5.74, 6) is -0.535. The molecule has 1 aromatic heterocycles. The summed E-state index contributed by atoms with van der Waals surface area (Å²) in [6, 6.07) is 11.1. The van der Waals surface area contributed by atoms with Crippen molar-refractivity contribution < 1.29 is 17.7 Å². The Bertz CT molecular complexity index is 839. The number of benzene rings is 1. The van der Waals surface area contributed by atoms with E-state index in [-0.39, 0.29) is 17.6 Å². The van der Waals surface area contributed by atoms with Crippen molar-refractivity contribution in [3.05, 3.63) is 42.2 Å². The molecule has 140 valence electrons. The molecule has 1 aromatic carbocycles. The third-order valence-corrected chi connectivity index (χ3v) is 6.81. The lowest BCUT2D eigenvalue weighted by Gasteiger charge is -2.24. The maximum atomic E-state index is 12.6. The number of hydrogen-bond donors (Lipinski definition) is 1. The van der Waals surface area contributed by atoms with Gasteiger partial charge < -0.3 is 9.84 Å². The SMILES string of the molecule is C[C@H](C(=O)NC1CCCCC1)S(=O)(=O)Cc1cc(-c2ccccc2)no1. The van der Waals surface area contributed by atoms with E-state index >= 15 is 0 Å². The molecule has 1 N–H and O–H groups in total. The van der Waals surface area contributed by atoms with Crippen molar-refractivity contribution in [1.82, 2.24) is 10.5 Å². The van der Waals surface area contributed by atoms with Crippen molar-refractivity contribution in [3.63, 3.8) is 0 Å². The average Bonchev–Trinajstić information content (AvgIpc) is 3.10. The highest BCUT2D eigenvalue weighted by molar-refractivity contribution is 7.92. The van der Waals surface area contributed by atoms with E-state index in [4.69, 9.17) is 4.52 Å². The quantitative estimate of drug-likeness (QED) is 0.837. The molecule has 1 atom stereocenters. The second-order valence-corrected chi connectivity index (χ2v) is 9.16. The molecule has 0 radical (unpaired) electrons. The van der Waals surface area contributed by atoms with Crippen LogP contribution >= 0.6 is 0 Å². The number of nitrogens with zero attached hydrogens (tertiary/aromatic N) is 1. The van der Waals surface area contributed by atoms with Gasteiger partial charge in [-0.15, -0.1) is 0 Å². The Hall–Kier alpha value is -2.15. The average molecular weight is 376 g/mol. The van der Waals surface area contributed by atoms with Crippen molar-refractivity contribution in [2.45, 2.75) is 56.1 Å². The highest BCUT2D eigenvalue weighted by Gasteiger charge is 2.31. The summed E-state index contributed by atoms with van der Waals surface area (Å²) in [6.07, 6.45) is 5.16. The molecule has 1 amide bonds. The Kier molecular flexibility index (Phi) is 5.76. The van der Waals surface area contributed by atoms with Crippen LogP contribution in [0.1, 0.15) is 44.8 Å². The first kappa shape index (κ1) is 18.6. The fraction of sp³-hybridized carbons (Fsp3) is 0.474. The number of hydrogen-bond acceptors (Lipinski definition) is 5. The number of carbonyl (C=O) groups excluding carboxylic acids is 1. The molecule has 3 rings (SSSR count). The summed E-state index contributed by atoms with van der Waals surface area (Å²) in [5, 5.41) is 5.69. The van der Waals surface area contributed by atoms with Crippen LogP contribution in [-0.2, 0) is 20.4 Å². The molecule has 7 heteroatoms. The standard InChI is InChI=1S/C19H24N2O4S/c1-14(19(22)20-16-10-6-3-7-11-16)26(23,24)13-17-12-18(21-25-17)15-8-4-2-5-9-15/h2,4-5,8-9,12,14,16H,3,6-7,10-11,13H2,1H3,(H,20,22)/t14-/m1/s1. The number of amides is 1. The maximum Gasteiger partial charge on any atom is 0.238 e. The topological polar surface area (TPSA) is 89.3 Å². The zero-order valence-corrected chi connectivity index (χ0v) is 15.7. The van der Waals surface area contributed by atoms with E-state index in [2.05, 4.69) is 10.5 Å². The Morgan fingerprint density at radius 3 is 2.62 bits per heavy atom. The summed E-state index contributed by atoms with van der Waals surface area (Å²) < 4.78 is 30.3. The van der Waals surface area contributed by atoms with E-state index in [0.29, 0.717) is 5.69 Å². The maximum absolute atomic E-state index is 12.6. The molecular formula is C19H24N2O4S. The molecule has 1 saturated carbocycles. The molecule has 2 aromatic rings. The lowest BCUT2D eigenvalue weighted by Crippen LogP contribution is -2.44. The highest BCUT2D eigenvalue weighted by Crippen LogP contribution is 2.21. The molecule has 1 fully saturated rings. The number of nitrogens with one attached hydrogen (secondary N) is 1. The normalized spacial score (nSPS) is 17.0. The summed E-state index contributed by atoms with van der Waals surface area (Å²) in [7, 11) is -3.68. The molecule has 0 bridgehead atoms. The van der Waals surface area contributed by atoms with Gasteiger partial charge in [0, 0.05) is 17.7 Å². The third kappa shape index (κ3) is 4.52.